The van der Waals surface area contributed by atoms with Gasteiger partial charge in [-0.15, -0.1) is 0 Å². The Balaban J connectivity index is 2.31. The topological polar surface area (TPSA) is 69.4 Å². The van der Waals surface area contributed by atoms with Crippen molar-refractivity contribution in [1.29, 1.82) is 0 Å². The lowest BCUT2D eigenvalue weighted by atomic mass is 9.80. The number of halogens is 1. The molecule has 0 aromatic heterocycles. The number of benzene rings is 1. The molecule has 0 unspecified atom stereocenters. The van der Waals surface area contributed by atoms with Crippen molar-refractivity contribution in [2.75, 3.05) is 6.54 Å². The third-order valence-electron chi connectivity index (χ3n) is 3.83. The third kappa shape index (κ3) is 3.81. The Bertz CT molecular complexity index is 546. The van der Waals surface area contributed by atoms with E-state index in [1.807, 2.05) is 6.07 Å². The maximum absolute atomic E-state index is 12.2. The Morgan fingerprint density at radius 3 is 2.76 bits per heavy atom. The van der Waals surface area contributed by atoms with E-state index in [4.69, 9.17) is 4.74 Å². The Hall–Kier alpha value is -1.43. The summed E-state index contributed by atoms with van der Waals surface area (Å²) in [7, 11) is 0. The molecule has 0 N–H and O–H groups in total. The molecule has 6 heteroatoms. The van der Waals surface area contributed by atoms with Crippen molar-refractivity contribution >= 4 is 21.9 Å². The van der Waals surface area contributed by atoms with E-state index in [0.29, 0.717) is 12.2 Å². The van der Waals surface area contributed by atoms with Gasteiger partial charge in [-0.25, -0.2) is 0 Å². The van der Waals surface area contributed by atoms with Crippen LogP contribution in [0.25, 0.3) is 0 Å². The van der Waals surface area contributed by atoms with Gasteiger partial charge in [-0.1, -0.05) is 42.1 Å². The Morgan fingerprint density at radius 1 is 1.33 bits per heavy atom. The summed E-state index contributed by atoms with van der Waals surface area (Å²) in [6, 6.07) is 5.28. The molecule has 0 saturated carbocycles. The number of hydrogen-bond acceptors (Lipinski definition) is 4. The molecule has 0 aliphatic carbocycles. The largest absolute Gasteiger partial charge is 0.426 e. The molecular weight excluding hydrogens is 338 g/mol. The van der Waals surface area contributed by atoms with Crippen LogP contribution in [0.5, 0.6) is 5.75 Å². The molecule has 2 rings (SSSR count). The number of carbonyl (C=O) groups is 1. The number of nitrogens with zero attached hydrogens (tertiary/aromatic N) is 1. The molecule has 0 radical (unpaired) electrons. The molecule has 0 fully saturated rings. The maximum Gasteiger partial charge on any atom is 0.315 e. The van der Waals surface area contributed by atoms with Crippen LogP contribution in [-0.4, -0.2) is 17.4 Å². The van der Waals surface area contributed by atoms with Gasteiger partial charge < -0.3 is 4.74 Å². The molecule has 0 bridgehead atoms. The zero-order valence-electron chi connectivity index (χ0n) is 11.9. The summed E-state index contributed by atoms with van der Waals surface area (Å²) in [5.41, 5.74) is 0.752. The smallest absolute Gasteiger partial charge is 0.315 e. The fourth-order valence-electron chi connectivity index (χ4n) is 2.79. The molecule has 114 valence electrons. The van der Waals surface area contributed by atoms with E-state index in [1.165, 1.54) is 0 Å². The predicted octanol–water partition coefficient (Wildman–Crippen LogP) is 3.92. The second kappa shape index (κ2) is 7.02. The standard InChI is InChI=1S/C15H18BrNO4/c1-2-3-4-5-11-13(9-17(19)20)12-8-10(16)6-7-14(12)21-15(11)18/h6-8,11,13H,2-5,9H2,1H3/t11-,13-/m0/s1. The van der Waals surface area contributed by atoms with Crippen molar-refractivity contribution < 1.29 is 14.5 Å². The molecule has 0 spiro atoms. The van der Waals surface area contributed by atoms with Crippen LogP contribution in [-0.2, 0) is 4.79 Å². The van der Waals surface area contributed by atoms with Crippen LogP contribution in [0.3, 0.4) is 0 Å². The van der Waals surface area contributed by atoms with E-state index in [0.717, 1.165) is 29.3 Å². The van der Waals surface area contributed by atoms with Gasteiger partial charge in [0.05, 0.1) is 11.8 Å². The number of carbonyl (C=O) groups excluding carboxylic acids is 1. The third-order valence-corrected chi connectivity index (χ3v) is 4.33. The average molecular weight is 356 g/mol. The average Bonchev–Trinajstić information content (AvgIpc) is 2.42. The number of unbranched alkanes of at least 4 members (excludes halogenated alkanes) is 2. The zero-order chi connectivity index (χ0) is 15.4. The van der Waals surface area contributed by atoms with Crippen molar-refractivity contribution in [2.45, 2.75) is 38.5 Å². The zero-order valence-corrected chi connectivity index (χ0v) is 13.5. The first-order chi connectivity index (χ1) is 10.0. The second-order valence-electron chi connectivity index (χ2n) is 5.33. The lowest BCUT2D eigenvalue weighted by molar-refractivity contribution is -0.484. The predicted molar refractivity (Wildman–Crippen MR) is 82.0 cm³/mol. The van der Waals surface area contributed by atoms with Gasteiger partial charge >= 0.3 is 5.97 Å². The highest BCUT2D eigenvalue weighted by molar-refractivity contribution is 9.10. The number of hydrogen-bond donors (Lipinski definition) is 0. The molecule has 1 heterocycles. The SMILES string of the molecule is CCCCC[C@@H]1C(=O)Oc2ccc(Br)cc2[C@H]1C[N+](=O)[O-]. The van der Waals surface area contributed by atoms with E-state index < -0.39 is 11.8 Å². The summed E-state index contributed by atoms with van der Waals surface area (Å²) < 4.78 is 6.19. The summed E-state index contributed by atoms with van der Waals surface area (Å²) in [4.78, 5) is 22.8. The van der Waals surface area contributed by atoms with Crippen LogP contribution in [0, 0.1) is 16.0 Å². The molecule has 1 aliphatic heterocycles. The molecule has 1 aromatic rings. The number of fused-ring (bicyclic) bond motifs is 1. The van der Waals surface area contributed by atoms with Gasteiger partial charge in [-0.2, -0.15) is 0 Å². The molecule has 1 aromatic carbocycles. The fraction of sp³-hybridized carbons (Fsp3) is 0.533. The highest BCUT2D eigenvalue weighted by atomic mass is 79.9. The first-order valence-corrected chi connectivity index (χ1v) is 7.95. The van der Waals surface area contributed by atoms with E-state index >= 15 is 0 Å². The van der Waals surface area contributed by atoms with Crippen molar-refractivity contribution in [2.24, 2.45) is 5.92 Å². The summed E-state index contributed by atoms with van der Waals surface area (Å²) in [5, 5.41) is 11.0. The van der Waals surface area contributed by atoms with Crippen LogP contribution in [0.2, 0.25) is 0 Å². The number of rotatable bonds is 6. The van der Waals surface area contributed by atoms with Crippen LogP contribution >= 0.6 is 15.9 Å². The minimum Gasteiger partial charge on any atom is -0.426 e. The minimum absolute atomic E-state index is 0.241. The van der Waals surface area contributed by atoms with E-state index in [2.05, 4.69) is 22.9 Å². The van der Waals surface area contributed by atoms with Crippen molar-refractivity contribution in [3.63, 3.8) is 0 Å². The first-order valence-electron chi connectivity index (χ1n) is 7.16. The second-order valence-corrected chi connectivity index (χ2v) is 6.24. The van der Waals surface area contributed by atoms with E-state index in [-0.39, 0.29) is 17.4 Å². The lowest BCUT2D eigenvalue weighted by Crippen LogP contribution is -2.35. The molecular formula is C15H18BrNO4. The van der Waals surface area contributed by atoms with Crippen molar-refractivity contribution in [3.8, 4) is 5.75 Å². The van der Waals surface area contributed by atoms with Crippen LogP contribution in [0.15, 0.2) is 22.7 Å². The molecule has 0 saturated heterocycles. The summed E-state index contributed by atoms with van der Waals surface area (Å²) in [6.07, 6.45) is 3.58. The van der Waals surface area contributed by atoms with E-state index in [1.54, 1.807) is 12.1 Å². The highest BCUT2D eigenvalue weighted by Crippen LogP contribution is 2.41. The monoisotopic (exact) mass is 355 g/mol. The Morgan fingerprint density at radius 2 is 2.10 bits per heavy atom. The van der Waals surface area contributed by atoms with Crippen LogP contribution in [0.4, 0.5) is 0 Å². The molecule has 5 nitrogen and oxygen atoms in total. The molecule has 0 amide bonds. The summed E-state index contributed by atoms with van der Waals surface area (Å²) in [6.45, 7) is 1.84. The van der Waals surface area contributed by atoms with E-state index in [9.17, 15) is 14.9 Å². The van der Waals surface area contributed by atoms with Gasteiger partial charge in [0, 0.05) is 15.0 Å². The van der Waals surface area contributed by atoms with Gasteiger partial charge in [0.15, 0.2) is 0 Å². The van der Waals surface area contributed by atoms with Gasteiger partial charge in [-0.05, 0) is 24.6 Å². The Kier molecular flexibility index (Phi) is 5.33. The van der Waals surface area contributed by atoms with Crippen LogP contribution in [0.1, 0.15) is 44.1 Å². The molecule has 21 heavy (non-hydrogen) atoms. The minimum atomic E-state index is -0.427. The summed E-state index contributed by atoms with van der Waals surface area (Å²) in [5.74, 6) is -0.732. The molecule has 2 atom stereocenters. The lowest BCUT2D eigenvalue weighted by Gasteiger charge is -2.29. The fourth-order valence-corrected chi connectivity index (χ4v) is 3.17. The highest BCUT2D eigenvalue weighted by Gasteiger charge is 2.40. The van der Waals surface area contributed by atoms with Gasteiger partial charge in [-0.3, -0.25) is 14.9 Å². The van der Waals surface area contributed by atoms with Crippen LogP contribution < -0.4 is 4.74 Å². The van der Waals surface area contributed by atoms with Gasteiger partial charge in [0.1, 0.15) is 5.75 Å². The molecule has 1 aliphatic rings. The van der Waals surface area contributed by atoms with Gasteiger partial charge in [0.25, 0.3) is 0 Å². The summed E-state index contributed by atoms with van der Waals surface area (Å²) >= 11 is 3.37. The number of esters is 1. The normalized spacial score (nSPS) is 20.8. The van der Waals surface area contributed by atoms with Crippen molar-refractivity contribution in [1.82, 2.24) is 0 Å². The first kappa shape index (κ1) is 15.9. The number of ether oxygens (including phenoxy) is 1. The Labute approximate surface area is 132 Å². The maximum atomic E-state index is 12.2. The van der Waals surface area contributed by atoms with Crippen molar-refractivity contribution in [3.05, 3.63) is 38.3 Å². The quantitative estimate of drug-likeness (QED) is 0.255. The van der Waals surface area contributed by atoms with Gasteiger partial charge in [0.2, 0.25) is 6.54 Å². The number of nitro groups is 1.